The number of thioether (sulfide) groups is 1. The minimum atomic E-state index is -0.372. The molecule has 31 heavy (non-hydrogen) atoms. The van der Waals surface area contributed by atoms with E-state index in [1.165, 1.54) is 16.7 Å². The van der Waals surface area contributed by atoms with Crippen LogP contribution in [-0.4, -0.2) is 19.7 Å². The number of aryl methyl sites for hydroxylation is 2. The number of rotatable bonds is 4. The summed E-state index contributed by atoms with van der Waals surface area (Å²) >= 11 is 6.71. The van der Waals surface area contributed by atoms with Gasteiger partial charge in [-0.3, -0.25) is 19.8 Å². The smallest absolute Gasteiger partial charge is 0.274 e. The van der Waals surface area contributed by atoms with Gasteiger partial charge in [0.05, 0.1) is 21.2 Å². The van der Waals surface area contributed by atoms with Crippen LogP contribution in [0.3, 0.4) is 0 Å². The zero-order chi connectivity index (χ0) is 22.3. The molecule has 0 bridgehead atoms. The molecule has 3 aromatic rings. The van der Waals surface area contributed by atoms with Crippen LogP contribution in [-0.2, 0) is 4.79 Å². The normalized spacial score (nSPS) is 15.2. The van der Waals surface area contributed by atoms with Crippen LogP contribution in [0.5, 0.6) is 0 Å². The van der Waals surface area contributed by atoms with Crippen molar-refractivity contribution in [2.45, 2.75) is 20.8 Å². The molecule has 0 N–H and O–H groups in total. The van der Waals surface area contributed by atoms with E-state index in [9.17, 15) is 14.9 Å². The molecule has 1 amide bonds. The average Bonchev–Trinajstić information content (AvgIpc) is 3.17. The number of anilines is 1. The second kappa shape index (κ2) is 8.13. The molecule has 2 aromatic carbocycles. The minimum absolute atomic E-state index is 0.0790. The van der Waals surface area contributed by atoms with Gasteiger partial charge >= 0.3 is 0 Å². The van der Waals surface area contributed by atoms with Gasteiger partial charge < -0.3 is 4.57 Å². The van der Waals surface area contributed by atoms with Crippen LogP contribution in [0.2, 0.25) is 0 Å². The van der Waals surface area contributed by atoms with E-state index in [0.717, 1.165) is 22.6 Å². The number of amides is 1. The van der Waals surface area contributed by atoms with E-state index < -0.39 is 0 Å². The van der Waals surface area contributed by atoms with Crippen molar-refractivity contribution in [2.75, 3.05) is 4.90 Å². The van der Waals surface area contributed by atoms with E-state index in [2.05, 4.69) is 0 Å². The topological polar surface area (TPSA) is 68.4 Å². The van der Waals surface area contributed by atoms with E-state index in [-0.39, 0.29) is 16.5 Å². The standard InChI is InChI=1S/C23H19N3O3S2/c1-14-9-10-19(13-20(14)26(28)29)24-15(2)11-17(16(24)3)12-21-22(27)25(23(30)31-21)18-7-5-4-6-8-18/h4-13H,1-3H3/b21-12+. The fourth-order valence-corrected chi connectivity index (χ4v) is 4.96. The summed E-state index contributed by atoms with van der Waals surface area (Å²) in [6.07, 6.45) is 1.84. The first-order valence-corrected chi connectivity index (χ1v) is 10.8. The monoisotopic (exact) mass is 449 g/mol. The molecule has 2 heterocycles. The third-order valence-corrected chi connectivity index (χ3v) is 6.51. The highest BCUT2D eigenvalue weighted by Crippen LogP contribution is 2.37. The van der Waals surface area contributed by atoms with Crippen molar-refractivity contribution in [1.29, 1.82) is 0 Å². The number of nitro benzene ring substituents is 1. The summed E-state index contributed by atoms with van der Waals surface area (Å²) in [7, 11) is 0. The highest BCUT2D eigenvalue weighted by atomic mass is 32.2. The quantitative estimate of drug-likeness (QED) is 0.221. The Morgan fingerprint density at radius 1 is 1.03 bits per heavy atom. The molecule has 1 aliphatic heterocycles. The van der Waals surface area contributed by atoms with Crippen LogP contribution in [0, 0.1) is 30.9 Å². The zero-order valence-corrected chi connectivity index (χ0v) is 18.8. The van der Waals surface area contributed by atoms with Crippen molar-refractivity contribution in [3.8, 4) is 5.69 Å². The van der Waals surface area contributed by atoms with E-state index in [4.69, 9.17) is 12.2 Å². The fraction of sp³-hybridized carbons (Fsp3) is 0.130. The van der Waals surface area contributed by atoms with Gasteiger partial charge in [0.1, 0.15) is 0 Å². The van der Waals surface area contributed by atoms with Gasteiger partial charge in [0.2, 0.25) is 0 Å². The molecule has 6 nitrogen and oxygen atoms in total. The first kappa shape index (κ1) is 21.0. The number of nitrogens with zero attached hydrogens (tertiary/aromatic N) is 3. The summed E-state index contributed by atoms with van der Waals surface area (Å²) < 4.78 is 2.45. The number of para-hydroxylation sites is 1. The lowest BCUT2D eigenvalue weighted by molar-refractivity contribution is -0.385. The molecule has 4 rings (SSSR count). The molecule has 1 aromatic heterocycles. The molecule has 1 saturated heterocycles. The first-order chi connectivity index (χ1) is 14.8. The summed E-state index contributed by atoms with van der Waals surface area (Å²) in [6, 6.07) is 16.5. The summed E-state index contributed by atoms with van der Waals surface area (Å²) in [6.45, 7) is 5.59. The highest BCUT2D eigenvalue weighted by molar-refractivity contribution is 8.27. The van der Waals surface area contributed by atoms with E-state index in [1.807, 2.05) is 67.0 Å². The van der Waals surface area contributed by atoms with Gasteiger partial charge in [-0.15, -0.1) is 0 Å². The van der Waals surface area contributed by atoms with Gasteiger partial charge in [-0.1, -0.05) is 48.2 Å². The lowest BCUT2D eigenvalue weighted by Crippen LogP contribution is -2.27. The van der Waals surface area contributed by atoms with Crippen LogP contribution >= 0.6 is 24.0 Å². The molecule has 0 atom stereocenters. The highest BCUT2D eigenvalue weighted by Gasteiger charge is 2.33. The van der Waals surface area contributed by atoms with Crippen LogP contribution in [0.15, 0.2) is 59.5 Å². The minimum Gasteiger partial charge on any atom is -0.318 e. The first-order valence-electron chi connectivity index (χ1n) is 9.55. The van der Waals surface area contributed by atoms with Crippen molar-refractivity contribution in [3.05, 3.63) is 92.1 Å². The molecule has 0 saturated carbocycles. The van der Waals surface area contributed by atoms with Crippen LogP contribution < -0.4 is 4.90 Å². The fourth-order valence-electron chi connectivity index (χ4n) is 3.67. The molecular formula is C23H19N3O3S2. The Balaban J connectivity index is 1.73. The Kier molecular flexibility index (Phi) is 5.51. The van der Waals surface area contributed by atoms with Gasteiger partial charge in [0.25, 0.3) is 11.6 Å². The second-order valence-electron chi connectivity index (χ2n) is 7.24. The maximum absolute atomic E-state index is 13.0. The number of hydrogen-bond acceptors (Lipinski definition) is 5. The Bertz CT molecular complexity index is 1260. The van der Waals surface area contributed by atoms with Crippen LogP contribution in [0.1, 0.15) is 22.5 Å². The molecule has 0 radical (unpaired) electrons. The lowest BCUT2D eigenvalue weighted by Gasteiger charge is -2.13. The molecule has 0 aliphatic carbocycles. The van der Waals surface area contributed by atoms with Crippen molar-refractivity contribution < 1.29 is 9.72 Å². The summed E-state index contributed by atoms with van der Waals surface area (Å²) in [5, 5.41) is 11.4. The summed E-state index contributed by atoms with van der Waals surface area (Å²) in [4.78, 5) is 26.1. The Morgan fingerprint density at radius 3 is 2.42 bits per heavy atom. The Labute approximate surface area is 189 Å². The third kappa shape index (κ3) is 3.80. The number of carbonyl (C=O) groups is 1. The van der Waals surface area contributed by atoms with Crippen molar-refractivity contribution in [1.82, 2.24) is 4.57 Å². The lowest BCUT2D eigenvalue weighted by atomic mass is 10.1. The number of hydrogen-bond donors (Lipinski definition) is 0. The molecule has 0 spiro atoms. The van der Waals surface area contributed by atoms with Crippen LogP contribution in [0.4, 0.5) is 11.4 Å². The van der Waals surface area contributed by atoms with Crippen molar-refractivity contribution in [3.63, 3.8) is 0 Å². The Morgan fingerprint density at radius 2 is 1.74 bits per heavy atom. The number of aromatic nitrogens is 1. The maximum atomic E-state index is 13.0. The predicted molar refractivity (Wildman–Crippen MR) is 129 cm³/mol. The molecule has 1 aliphatic rings. The van der Waals surface area contributed by atoms with Gasteiger partial charge in [-0.25, -0.2) is 0 Å². The average molecular weight is 450 g/mol. The SMILES string of the molecule is Cc1ccc(-n2c(C)cc(/C=C3/SC(=S)N(c4ccccc4)C3=O)c2C)cc1[N+](=O)[O-]. The van der Waals surface area contributed by atoms with Gasteiger partial charge in [0, 0.05) is 23.0 Å². The molecule has 8 heteroatoms. The van der Waals surface area contributed by atoms with E-state index >= 15 is 0 Å². The molecular weight excluding hydrogens is 430 g/mol. The van der Waals surface area contributed by atoms with Crippen molar-refractivity contribution in [2.24, 2.45) is 0 Å². The second-order valence-corrected chi connectivity index (χ2v) is 8.92. The molecule has 156 valence electrons. The number of nitro groups is 1. The molecule has 0 unspecified atom stereocenters. The largest absolute Gasteiger partial charge is 0.318 e. The van der Waals surface area contributed by atoms with Gasteiger partial charge in [-0.2, -0.15) is 0 Å². The summed E-state index contributed by atoms with van der Waals surface area (Å²) in [5.41, 5.74) is 4.82. The number of thiocarbonyl (C=S) groups is 1. The van der Waals surface area contributed by atoms with Gasteiger partial charge in [0.15, 0.2) is 4.32 Å². The molecule has 1 fully saturated rings. The Hall–Kier alpha value is -3.23. The zero-order valence-electron chi connectivity index (χ0n) is 17.2. The van der Waals surface area contributed by atoms with Gasteiger partial charge in [-0.05, 0) is 56.7 Å². The third-order valence-electron chi connectivity index (χ3n) is 5.21. The number of carbonyl (C=O) groups excluding carboxylic acids is 1. The van der Waals surface area contributed by atoms with Crippen LogP contribution in [0.25, 0.3) is 11.8 Å². The summed E-state index contributed by atoms with van der Waals surface area (Å²) in [5.74, 6) is -0.156. The predicted octanol–water partition coefficient (Wildman–Crippen LogP) is 5.72. The van der Waals surface area contributed by atoms with E-state index in [0.29, 0.717) is 20.5 Å². The maximum Gasteiger partial charge on any atom is 0.274 e. The van der Waals surface area contributed by atoms with Crippen molar-refractivity contribution >= 4 is 51.7 Å². The number of benzene rings is 2. The van der Waals surface area contributed by atoms with E-state index in [1.54, 1.807) is 19.1 Å².